The number of esters is 1. The number of likely N-dealkylation sites (N-methyl/N-ethyl adjacent to an activating group) is 1. The second kappa shape index (κ2) is 19.7. The topological polar surface area (TPSA) is 119 Å². The lowest BCUT2D eigenvalue weighted by Crippen LogP contribution is -2.46. The smallest absolute Gasteiger partial charge is 0.347 e. The van der Waals surface area contributed by atoms with E-state index in [2.05, 4.69) is 61.0 Å². The second-order valence-electron chi connectivity index (χ2n) is 16.6. The second-order valence-corrected chi connectivity index (χ2v) is 18.0. The highest BCUT2D eigenvalue weighted by Gasteiger charge is 2.30. The van der Waals surface area contributed by atoms with Crippen molar-refractivity contribution in [2.24, 2.45) is 0 Å². The number of hydrogen-bond acceptors (Lipinski definition) is 13. The van der Waals surface area contributed by atoms with Crippen LogP contribution in [0, 0.1) is 19.7 Å². The number of thiophene rings is 1. The fourth-order valence-electron chi connectivity index (χ4n) is 8.52. The Morgan fingerprint density at radius 2 is 1.72 bits per heavy atom. The summed E-state index contributed by atoms with van der Waals surface area (Å²) in [6.45, 7) is 13.1. The lowest BCUT2D eigenvalue weighted by Gasteiger charge is -2.34. The Morgan fingerprint density at radius 1 is 0.908 bits per heavy atom. The summed E-state index contributed by atoms with van der Waals surface area (Å²) in [6, 6.07) is 20.5. The molecular weight excluding hydrogens is 863 g/mol. The Labute approximate surface area is 387 Å². The molecule has 7 heterocycles. The van der Waals surface area contributed by atoms with Gasteiger partial charge in [-0.05, 0) is 97.1 Å². The summed E-state index contributed by atoms with van der Waals surface area (Å²) in [6.07, 6.45) is 5.67. The van der Waals surface area contributed by atoms with Crippen LogP contribution >= 0.6 is 22.9 Å². The van der Waals surface area contributed by atoms with E-state index < -0.39 is 12.1 Å². The quantitative estimate of drug-likeness (QED) is 0.122. The SMILES string of the molecule is CCOC(=O)[C@H]1Cc2cc(ccc2OCc2ccnc(-c3ccncc3C)n2)CN(CCN2CCN(C)CC2)Cc2ccc(c(C)c2Cl)-c2c(-c3ccc(F)cc3)sc3ncnc(c23)O1. The molecule has 3 aliphatic rings. The summed E-state index contributed by atoms with van der Waals surface area (Å²) < 4.78 is 33.4. The highest BCUT2D eigenvalue weighted by molar-refractivity contribution is 7.22. The normalized spacial score (nSPS) is 16.1. The molecule has 4 aromatic heterocycles. The van der Waals surface area contributed by atoms with Gasteiger partial charge in [0.05, 0.1) is 17.7 Å². The zero-order chi connectivity index (χ0) is 45.0. The van der Waals surface area contributed by atoms with Crippen LogP contribution in [-0.4, -0.2) is 105 Å². The van der Waals surface area contributed by atoms with Crippen molar-refractivity contribution in [1.29, 1.82) is 0 Å². The lowest BCUT2D eigenvalue weighted by molar-refractivity contribution is -0.151. The van der Waals surface area contributed by atoms with E-state index in [-0.39, 0.29) is 31.3 Å². The molecular formula is C50H50ClFN8O4S. The van der Waals surface area contributed by atoms with Gasteiger partial charge in [0.25, 0.3) is 0 Å². The van der Waals surface area contributed by atoms with E-state index in [1.54, 1.807) is 37.6 Å². The molecule has 7 aromatic rings. The summed E-state index contributed by atoms with van der Waals surface area (Å²) in [4.78, 5) is 45.9. The Morgan fingerprint density at radius 3 is 2.52 bits per heavy atom. The molecule has 65 heavy (non-hydrogen) atoms. The van der Waals surface area contributed by atoms with Gasteiger partial charge in [0.15, 0.2) is 5.82 Å². The molecule has 3 aliphatic heterocycles. The average molecular weight is 914 g/mol. The third-order valence-electron chi connectivity index (χ3n) is 12.1. The molecule has 3 aromatic carbocycles. The van der Waals surface area contributed by atoms with E-state index in [9.17, 15) is 9.18 Å². The molecule has 15 heteroatoms. The molecule has 0 saturated carbocycles. The number of pyridine rings is 1. The number of halogens is 2. The van der Waals surface area contributed by atoms with Gasteiger partial charge in [0, 0.05) is 98.4 Å². The van der Waals surface area contributed by atoms with Crippen LogP contribution in [0.15, 0.2) is 91.6 Å². The van der Waals surface area contributed by atoms with Crippen molar-refractivity contribution in [2.45, 2.75) is 53.0 Å². The highest BCUT2D eigenvalue weighted by atomic mass is 35.5. The maximum atomic E-state index is 14.3. The van der Waals surface area contributed by atoms with Gasteiger partial charge in [-0.25, -0.2) is 29.1 Å². The first-order chi connectivity index (χ1) is 31.6. The van der Waals surface area contributed by atoms with Gasteiger partial charge in [-0.3, -0.25) is 14.8 Å². The number of nitrogens with zero attached hydrogens (tertiary/aromatic N) is 8. The largest absolute Gasteiger partial charge is 0.487 e. The van der Waals surface area contributed by atoms with Crippen molar-refractivity contribution in [3.63, 3.8) is 0 Å². The first-order valence-electron chi connectivity index (χ1n) is 21.9. The van der Waals surface area contributed by atoms with Crippen LogP contribution in [0.3, 0.4) is 0 Å². The summed E-state index contributed by atoms with van der Waals surface area (Å²) in [7, 11) is 2.17. The zero-order valence-electron chi connectivity index (χ0n) is 36.9. The van der Waals surface area contributed by atoms with Crippen molar-refractivity contribution in [1.82, 2.24) is 39.6 Å². The molecule has 10 rings (SSSR count). The Hall–Kier alpha value is -5.90. The van der Waals surface area contributed by atoms with Gasteiger partial charge in [0.2, 0.25) is 12.0 Å². The zero-order valence-corrected chi connectivity index (χ0v) is 38.5. The predicted molar refractivity (Wildman–Crippen MR) is 252 cm³/mol. The molecule has 1 saturated heterocycles. The van der Waals surface area contributed by atoms with Crippen LogP contribution in [0.4, 0.5) is 4.39 Å². The van der Waals surface area contributed by atoms with E-state index >= 15 is 0 Å². The summed E-state index contributed by atoms with van der Waals surface area (Å²) in [5, 5.41) is 1.27. The number of piperazine rings is 1. The van der Waals surface area contributed by atoms with Gasteiger partial charge in [-0.2, -0.15) is 0 Å². The lowest BCUT2D eigenvalue weighted by atomic mass is 9.94. The van der Waals surface area contributed by atoms with E-state index in [1.165, 1.54) is 29.8 Å². The predicted octanol–water partition coefficient (Wildman–Crippen LogP) is 8.98. The van der Waals surface area contributed by atoms with Crippen LogP contribution in [0.2, 0.25) is 5.02 Å². The maximum absolute atomic E-state index is 14.3. The fraction of sp³-hybridized carbons (Fsp3) is 0.320. The number of ether oxygens (including phenoxy) is 3. The molecule has 1 atom stereocenters. The number of fused-ring (bicyclic) bond motifs is 6. The number of aromatic nitrogens is 5. The molecule has 0 spiro atoms. The number of carbonyl (C=O) groups excluding carboxylic acids is 1. The van der Waals surface area contributed by atoms with Crippen LogP contribution in [0.25, 0.3) is 43.2 Å². The molecule has 0 aliphatic carbocycles. The van der Waals surface area contributed by atoms with Gasteiger partial charge < -0.3 is 19.1 Å². The van der Waals surface area contributed by atoms with Crippen LogP contribution < -0.4 is 9.47 Å². The minimum Gasteiger partial charge on any atom is -0.487 e. The number of rotatable bonds is 10. The summed E-state index contributed by atoms with van der Waals surface area (Å²) in [5.74, 6) is 0.492. The van der Waals surface area contributed by atoms with E-state index in [4.69, 9.17) is 35.8 Å². The van der Waals surface area contributed by atoms with Crippen molar-refractivity contribution >= 4 is 39.1 Å². The van der Waals surface area contributed by atoms with Crippen molar-refractivity contribution in [2.75, 3.05) is 52.9 Å². The van der Waals surface area contributed by atoms with Gasteiger partial charge >= 0.3 is 5.97 Å². The number of carbonyl (C=O) groups is 1. The Bertz CT molecular complexity index is 2840. The summed E-state index contributed by atoms with van der Waals surface area (Å²) >= 11 is 8.87. The molecule has 1 fully saturated rings. The first kappa shape index (κ1) is 44.3. The van der Waals surface area contributed by atoms with Crippen molar-refractivity contribution < 1.29 is 23.4 Å². The van der Waals surface area contributed by atoms with Crippen LogP contribution in [0.5, 0.6) is 11.6 Å². The van der Waals surface area contributed by atoms with Gasteiger partial charge in [0.1, 0.15) is 29.3 Å². The third kappa shape index (κ3) is 9.87. The van der Waals surface area contributed by atoms with Crippen molar-refractivity contribution in [3.8, 4) is 44.6 Å². The minimum atomic E-state index is -1.12. The van der Waals surface area contributed by atoms with E-state index in [0.29, 0.717) is 45.6 Å². The molecule has 4 bridgehead atoms. The molecule has 0 unspecified atom stereocenters. The number of hydrogen-bond donors (Lipinski definition) is 0. The Kier molecular flexibility index (Phi) is 13.4. The number of aryl methyl sites for hydroxylation is 1. The van der Waals surface area contributed by atoms with E-state index in [0.717, 1.165) is 94.2 Å². The molecule has 12 nitrogen and oxygen atoms in total. The standard InChI is InChI=1S/C50H50ClFN8O4S/c1-5-62-50(61)42-25-36-24-33(6-13-41(36)63-29-38-14-17-54-47(57-38)39-15-16-53-26-31(39)2)27-60(23-22-59-20-18-58(4)19-21-59)28-35-9-12-40(32(3)45(35)51)43-44-48(64-42)55-30-56-49(44)65-46(43)34-7-10-37(52)11-8-34/h6-17,24,26,30,42H,5,18-23,25,27-29H2,1-4H3/t42-/m1/s1. The monoisotopic (exact) mass is 912 g/mol. The third-order valence-corrected chi connectivity index (χ3v) is 13.8. The minimum absolute atomic E-state index is 0.114. The Balaban J connectivity index is 1.16. The molecule has 0 radical (unpaired) electrons. The molecule has 334 valence electrons. The fourth-order valence-corrected chi connectivity index (χ4v) is 9.89. The maximum Gasteiger partial charge on any atom is 0.347 e. The highest BCUT2D eigenvalue weighted by Crippen LogP contribution is 2.49. The van der Waals surface area contributed by atoms with Crippen molar-refractivity contribution in [3.05, 3.63) is 136 Å². The average Bonchev–Trinajstić information content (AvgIpc) is 3.70. The van der Waals surface area contributed by atoms with Crippen LogP contribution in [-0.2, 0) is 35.6 Å². The van der Waals surface area contributed by atoms with Crippen LogP contribution in [0.1, 0.15) is 40.4 Å². The van der Waals surface area contributed by atoms with Gasteiger partial charge in [-0.1, -0.05) is 48.0 Å². The van der Waals surface area contributed by atoms with E-state index in [1.807, 2.05) is 32.0 Å². The molecule has 0 N–H and O–H groups in total. The number of benzene rings is 3. The first-order valence-corrected chi connectivity index (χ1v) is 23.1. The van der Waals surface area contributed by atoms with Gasteiger partial charge in [-0.15, -0.1) is 11.3 Å². The summed E-state index contributed by atoms with van der Waals surface area (Å²) in [5.41, 5.74) is 8.67. The molecule has 0 amide bonds.